The SMILES string of the molecule is COc1ccc(F)cc1N1CCN(CC[C@@H](C(=O)N2C3CCCC2CC3)c2ccccc2)CC1. The van der Waals surface area contributed by atoms with E-state index in [1.807, 2.05) is 18.2 Å². The number of hydrogen-bond donors (Lipinski definition) is 0. The lowest BCUT2D eigenvalue weighted by atomic mass is 9.91. The van der Waals surface area contributed by atoms with E-state index in [1.165, 1.54) is 25.3 Å². The number of halogens is 1. The van der Waals surface area contributed by atoms with Gasteiger partial charge in [-0.3, -0.25) is 9.69 Å². The van der Waals surface area contributed by atoms with Gasteiger partial charge in [-0.05, 0) is 62.8 Å². The Bertz CT molecular complexity index is 961. The molecule has 5 rings (SSSR count). The normalized spacial score (nSPS) is 23.7. The van der Waals surface area contributed by atoms with Crippen molar-refractivity contribution in [1.29, 1.82) is 0 Å². The summed E-state index contributed by atoms with van der Waals surface area (Å²) < 4.78 is 19.3. The number of benzene rings is 2. The monoisotopic (exact) mass is 465 g/mol. The predicted octanol–water partition coefficient (Wildman–Crippen LogP) is 4.67. The van der Waals surface area contributed by atoms with Crippen LogP contribution in [0.3, 0.4) is 0 Å². The van der Waals surface area contributed by atoms with E-state index >= 15 is 0 Å². The maximum atomic E-state index is 13.8. The number of rotatable bonds is 7. The zero-order valence-electron chi connectivity index (χ0n) is 20.2. The van der Waals surface area contributed by atoms with Crippen molar-refractivity contribution in [3.05, 3.63) is 59.9 Å². The summed E-state index contributed by atoms with van der Waals surface area (Å²) in [4.78, 5) is 20.7. The molecule has 3 fully saturated rings. The van der Waals surface area contributed by atoms with Gasteiger partial charge >= 0.3 is 0 Å². The molecule has 2 aromatic carbocycles. The second-order valence-corrected chi connectivity index (χ2v) is 9.96. The lowest BCUT2D eigenvalue weighted by molar-refractivity contribution is -0.137. The van der Waals surface area contributed by atoms with Gasteiger partial charge in [0.2, 0.25) is 5.91 Å². The van der Waals surface area contributed by atoms with Gasteiger partial charge in [-0.15, -0.1) is 0 Å². The summed E-state index contributed by atoms with van der Waals surface area (Å²) >= 11 is 0. The molecule has 3 heterocycles. The van der Waals surface area contributed by atoms with Gasteiger partial charge in [0.05, 0.1) is 18.7 Å². The molecular formula is C28H36FN3O2. The number of carbonyl (C=O) groups excluding carboxylic acids is 1. The number of anilines is 1. The lowest BCUT2D eigenvalue weighted by Crippen LogP contribution is -2.48. The Hall–Kier alpha value is -2.60. The predicted molar refractivity (Wildman–Crippen MR) is 133 cm³/mol. The van der Waals surface area contributed by atoms with Crippen LogP contribution < -0.4 is 9.64 Å². The fourth-order valence-corrected chi connectivity index (χ4v) is 6.21. The van der Waals surface area contributed by atoms with Crippen molar-refractivity contribution in [2.75, 3.05) is 44.7 Å². The third-order valence-corrected chi connectivity index (χ3v) is 8.04. The van der Waals surface area contributed by atoms with Crippen LogP contribution in [0.1, 0.15) is 50.0 Å². The van der Waals surface area contributed by atoms with Gasteiger partial charge in [-0.2, -0.15) is 0 Å². The fraction of sp³-hybridized carbons (Fsp3) is 0.536. The molecule has 3 atom stereocenters. The molecule has 2 aromatic rings. The van der Waals surface area contributed by atoms with Gasteiger partial charge in [-0.1, -0.05) is 30.3 Å². The first-order valence-corrected chi connectivity index (χ1v) is 12.8. The number of carbonyl (C=O) groups is 1. The highest BCUT2D eigenvalue weighted by molar-refractivity contribution is 5.84. The molecule has 0 spiro atoms. The van der Waals surface area contributed by atoms with Crippen molar-refractivity contribution in [3.8, 4) is 5.75 Å². The first-order valence-electron chi connectivity index (χ1n) is 12.8. The third-order valence-electron chi connectivity index (χ3n) is 8.04. The van der Waals surface area contributed by atoms with Gasteiger partial charge in [0.15, 0.2) is 0 Å². The number of methoxy groups -OCH3 is 1. The molecule has 5 nitrogen and oxygen atoms in total. The molecule has 182 valence electrons. The highest BCUT2D eigenvalue weighted by Crippen LogP contribution is 2.38. The van der Waals surface area contributed by atoms with E-state index in [0.29, 0.717) is 23.7 Å². The summed E-state index contributed by atoms with van der Waals surface area (Å²) in [5.41, 5.74) is 1.96. The summed E-state index contributed by atoms with van der Waals surface area (Å²) in [7, 11) is 1.63. The van der Waals surface area contributed by atoms with Gasteiger partial charge in [-0.25, -0.2) is 4.39 Å². The van der Waals surface area contributed by atoms with E-state index in [4.69, 9.17) is 4.74 Å². The second-order valence-electron chi connectivity index (χ2n) is 9.96. The molecule has 0 aromatic heterocycles. The summed E-state index contributed by atoms with van der Waals surface area (Å²) in [5, 5.41) is 0. The fourth-order valence-electron chi connectivity index (χ4n) is 6.21. The van der Waals surface area contributed by atoms with Crippen LogP contribution in [0.5, 0.6) is 5.75 Å². The highest BCUT2D eigenvalue weighted by Gasteiger charge is 2.42. The van der Waals surface area contributed by atoms with Crippen LogP contribution in [0.2, 0.25) is 0 Å². The number of ether oxygens (including phenoxy) is 1. The molecule has 0 saturated carbocycles. The average molecular weight is 466 g/mol. The van der Waals surface area contributed by atoms with E-state index in [9.17, 15) is 9.18 Å². The quantitative estimate of drug-likeness (QED) is 0.595. The second kappa shape index (κ2) is 10.3. The minimum Gasteiger partial charge on any atom is -0.495 e. The van der Waals surface area contributed by atoms with Crippen LogP contribution in [0.15, 0.2) is 48.5 Å². The van der Waals surface area contributed by atoms with Crippen LogP contribution >= 0.6 is 0 Å². The first-order chi connectivity index (χ1) is 16.6. The maximum Gasteiger partial charge on any atom is 0.230 e. The van der Waals surface area contributed by atoms with Gasteiger partial charge in [0.25, 0.3) is 0 Å². The van der Waals surface area contributed by atoms with E-state index in [1.54, 1.807) is 19.2 Å². The standard InChI is InChI=1S/C28H36FN3O2/c1-34-27-13-10-22(29)20-26(27)31-18-16-30(17-19-31)15-14-25(21-6-3-2-4-7-21)28(33)32-23-8-5-9-24(32)12-11-23/h2-4,6-7,10,13,20,23-25H,5,8-9,11-12,14-19H2,1H3/t23?,24?,25-/m1/s1. The van der Waals surface area contributed by atoms with Crippen LogP contribution in [-0.4, -0.2) is 67.6 Å². The van der Waals surface area contributed by atoms with Crippen molar-refractivity contribution in [2.45, 2.75) is 56.5 Å². The van der Waals surface area contributed by atoms with Crippen LogP contribution in [0.4, 0.5) is 10.1 Å². The molecule has 0 aliphatic carbocycles. The minimum atomic E-state index is -0.242. The average Bonchev–Trinajstić information content (AvgIpc) is 3.13. The Morgan fingerprint density at radius 2 is 1.71 bits per heavy atom. The van der Waals surface area contributed by atoms with Crippen molar-refractivity contribution in [1.82, 2.24) is 9.80 Å². The van der Waals surface area contributed by atoms with Crippen molar-refractivity contribution >= 4 is 11.6 Å². The number of fused-ring (bicyclic) bond motifs is 2. The first kappa shape index (κ1) is 23.2. The molecule has 6 heteroatoms. The molecule has 0 radical (unpaired) electrons. The van der Waals surface area contributed by atoms with Crippen molar-refractivity contribution in [2.24, 2.45) is 0 Å². The molecule has 34 heavy (non-hydrogen) atoms. The van der Waals surface area contributed by atoms with E-state index in [-0.39, 0.29) is 11.7 Å². The van der Waals surface area contributed by atoms with Gasteiger partial charge < -0.3 is 14.5 Å². The Balaban J connectivity index is 1.23. The zero-order chi connectivity index (χ0) is 23.5. The minimum absolute atomic E-state index is 0.0799. The van der Waals surface area contributed by atoms with Crippen LogP contribution in [0, 0.1) is 5.82 Å². The number of hydrogen-bond acceptors (Lipinski definition) is 4. The van der Waals surface area contributed by atoms with E-state index in [0.717, 1.165) is 63.2 Å². The summed E-state index contributed by atoms with van der Waals surface area (Å²) in [6.07, 6.45) is 6.76. The zero-order valence-corrected chi connectivity index (χ0v) is 20.2. The summed E-state index contributed by atoms with van der Waals surface area (Å²) in [6.45, 7) is 4.32. The maximum absolute atomic E-state index is 13.8. The Kier molecular flexibility index (Phi) is 7.05. The van der Waals surface area contributed by atoms with Crippen LogP contribution in [0.25, 0.3) is 0 Å². The topological polar surface area (TPSA) is 36.0 Å². The van der Waals surface area contributed by atoms with E-state index in [2.05, 4.69) is 26.8 Å². The van der Waals surface area contributed by atoms with Crippen LogP contribution in [-0.2, 0) is 4.79 Å². The van der Waals surface area contributed by atoms with Gasteiger partial charge in [0.1, 0.15) is 11.6 Å². The third kappa shape index (κ3) is 4.78. The molecule has 3 saturated heterocycles. The number of nitrogens with zero attached hydrogens (tertiary/aromatic N) is 3. The highest BCUT2D eigenvalue weighted by atomic mass is 19.1. The molecule has 2 bridgehead atoms. The van der Waals surface area contributed by atoms with Crippen molar-refractivity contribution in [3.63, 3.8) is 0 Å². The van der Waals surface area contributed by atoms with E-state index < -0.39 is 0 Å². The lowest BCUT2D eigenvalue weighted by Gasteiger charge is -2.39. The molecule has 3 aliphatic rings. The number of piperidine rings is 1. The number of piperazine rings is 1. The Labute approximate surface area is 202 Å². The van der Waals surface area contributed by atoms with Crippen molar-refractivity contribution < 1.29 is 13.9 Å². The number of amides is 1. The molecule has 1 amide bonds. The summed E-state index contributed by atoms with van der Waals surface area (Å²) in [6, 6.07) is 15.9. The molecule has 3 aliphatic heterocycles. The Morgan fingerprint density at radius 1 is 1.00 bits per heavy atom. The Morgan fingerprint density at radius 3 is 2.38 bits per heavy atom. The smallest absolute Gasteiger partial charge is 0.230 e. The molecular weight excluding hydrogens is 429 g/mol. The van der Waals surface area contributed by atoms with Gasteiger partial charge in [0, 0.05) is 44.3 Å². The molecule has 2 unspecified atom stereocenters. The molecule has 0 N–H and O–H groups in total. The largest absolute Gasteiger partial charge is 0.495 e. The summed E-state index contributed by atoms with van der Waals surface area (Å²) in [5.74, 6) is 0.722.